The Kier molecular flexibility index (Phi) is 5.41. The van der Waals surface area contributed by atoms with Gasteiger partial charge in [0.05, 0.1) is 0 Å². The highest BCUT2D eigenvalue weighted by Gasteiger charge is 2.17. The molecule has 2 aromatic carbocycles. The summed E-state index contributed by atoms with van der Waals surface area (Å²) in [6, 6.07) is 9.87. The van der Waals surface area contributed by atoms with Gasteiger partial charge in [-0.1, -0.05) is 23.7 Å². The molecule has 27 heavy (non-hydrogen) atoms. The number of aryl methyl sites for hydroxylation is 1. The highest BCUT2D eigenvalue weighted by molar-refractivity contribution is 6.32. The van der Waals surface area contributed by atoms with Gasteiger partial charge in [0.15, 0.2) is 0 Å². The van der Waals surface area contributed by atoms with Crippen molar-refractivity contribution in [3.05, 3.63) is 74.6 Å². The first-order chi connectivity index (χ1) is 12.8. The second kappa shape index (κ2) is 7.75. The van der Waals surface area contributed by atoms with E-state index >= 15 is 0 Å². The topological polar surface area (TPSA) is 65.7 Å². The van der Waals surface area contributed by atoms with Crippen molar-refractivity contribution >= 4 is 28.5 Å². The number of esters is 1. The van der Waals surface area contributed by atoms with Crippen LogP contribution >= 0.6 is 11.6 Å². The molecule has 1 aromatic heterocycles. The van der Waals surface area contributed by atoms with Crippen molar-refractivity contribution in [2.75, 3.05) is 0 Å². The molecule has 0 spiro atoms. The van der Waals surface area contributed by atoms with Crippen molar-refractivity contribution in [1.82, 2.24) is 0 Å². The van der Waals surface area contributed by atoms with Gasteiger partial charge < -0.3 is 13.9 Å². The Morgan fingerprint density at radius 1 is 1.22 bits per heavy atom. The summed E-state index contributed by atoms with van der Waals surface area (Å²) in [6.45, 7) is -1.59. The lowest BCUT2D eigenvalue weighted by Crippen LogP contribution is -2.11. The molecular formula is C19H13ClF2O5. The minimum absolute atomic E-state index is 0.154. The molecule has 0 N–H and O–H groups in total. The Morgan fingerprint density at radius 3 is 2.70 bits per heavy atom. The fourth-order valence-electron chi connectivity index (χ4n) is 2.52. The third-order valence-corrected chi connectivity index (χ3v) is 4.20. The van der Waals surface area contributed by atoms with Crippen molar-refractivity contribution in [2.24, 2.45) is 0 Å². The van der Waals surface area contributed by atoms with E-state index < -0.39 is 18.2 Å². The zero-order chi connectivity index (χ0) is 19.6. The van der Waals surface area contributed by atoms with E-state index in [4.69, 9.17) is 20.8 Å². The van der Waals surface area contributed by atoms with E-state index in [1.54, 1.807) is 19.1 Å². The third kappa shape index (κ3) is 4.25. The van der Waals surface area contributed by atoms with E-state index in [1.807, 2.05) is 0 Å². The Bertz CT molecular complexity index is 1060. The SMILES string of the molecule is Cc1cc2oc(=O)cc(COC(=O)c3ccccc3OC(F)F)c2cc1Cl. The van der Waals surface area contributed by atoms with Gasteiger partial charge in [0.1, 0.15) is 23.5 Å². The maximum atomic E-state index is 12.5. The van der Waals surface area contributed by atoms with Crippen molar-refractivity contribution in [1.29, 1.82) is 0 Å². The molecule has 0 aliphatic rings. The van der Waals surface area contributed by atoms with Gasteiger partial charge in [-0.05, 0) is 36.8 Å². The average Bonchev–Trinajstić information content (AvgIpc) is 2.61. The first kappa shape index (κ1) is 18.8. The van der Waals surface area contributed by atoms with E-state index in [1.165, 1.54) is 30.3 Å². The third-order valence-electron chi connectivity index (χ3n) is 3.79. The number of benzene rings is 2. The van der Waals surface area contributed by atoms with Gasteiger partial charge in [0, 0.05) is 22.0 Å². The second-order valence-electron chi connectivity index (χ2n) is 5.64. The molecule has 0 atom stereocenters. The number of ether oxygens (including phenoxy) is 2. The summed E-state index contributed by atoms with van der Waals surface area (Å²) in [7, 11) is 0. The molecule has 3 rings (SSSR count). The Hall–Kier alpha value is -2.93. The summed E-state index contributed by atoms with van der Waals surface area (Å²) < 4.78 is 39.6. The maximum Gasteiger partial charge on any atom is 0.387 e. The molecule has 0 bridgehead atoms. The van der Waals surface area contributed by atoms with Gasteiger partial charge in [-0.25, -0.2) is 9.59 Å². The van der Waals surface area contributed by atoms with Crippen LogP contribution in [0.25, 0.3) is 11.0 Å². The van der Waals surface area contributed by atoms with Crippen LogP contribution in [0.4, 0.5) is 8.78 Å². The van der Waals surface area contributed by atoms with Gasteiger partial charge in [-0.2, -0.15) is 8.78 Å². The zero-order valence-electron chi connectivity index (χ0n) is 14.0. The number of alkyl halides is 2. The minimum Gasteiger partial charge on any atom is -0.457 e. The molecule has 0 radical (unpaired) electrons. The Labute approximate surface area is 157 Å². The summed E-state index contributed by atoms with van der Waals surface area (Å²) in [6.07, 6.45) is 0. The highest BCUT2D eigenvalue weighted by Crippen LogP contribution is 2.26. The molecule has 5 nitrogen and oxygen atoms in total. The minimum atomic E-state index is -3.08. The van der Waals surface area contributed by atoms with Gasteiger partial charge in [0.25, 0.3) is 0 Å². The summed E-state index contributed by atoms with van der Waals surface area (Å²) in [4.78, 5) is 24.0. The second-order valence-corrected chi connectivity index (χ2v) is 6.05. The number of hydrogen-bond donors (Lipinski definition) is 0. The van der Waals surface area contributed by atoms with Crippen LogP contribution in [0.5, 0.6) is 5.75 Å². The van der Waals surface area contributed by atoms with Gasteiger partial charge in [-0.3, -0.25) is 0 Å². The predicted molar refractivity (Wildman–Crippen MR) is 94.4 cm³/mol. The number of halogens is 3. The summed E-state index contributed by atoms with van der Waals surface area (Å²) in [5.41, 5.74) is 0.635. The molecule has 0 fully saturated rings. The molecular weight excluding hydrogens is 382 g/mol. The fraction of sp³-hybridized carbons (Fsp3) is 0.158. The van der Waals surface area contributed by atoms with E-state index in [0.29, 0.717) is 21.6 Å². The molecule has 0 amide bonds. The molecule has 0 unspecified atom stereocenters. The normalized spacial score (nSPS) is 11.0. The van der Waals surface area contributed by atoms with E-state index in [2.05, 4.69) is 4.74 Å². The lowest BCUT2D eigenvalue weighted by atomic mass is 10.1. The fourth-order valence-corrected chi connectivity index (χ4v) is 2.69. The first-order valence-electron chi connectivity index (χ1n) is 7.79. The van der Waals surface area contributed by atoms with Crippen molar-refractivity contribution in [3.8, 4) is 5.75 Å². The summed E-state index contributed by atoms with van der Waals surface area (Å²) in [5.74, 6) is -1.17. The number of hydrogen-bond acceptors (Lipinski definition) is 5. The van der Waals surface area contributed by atoms with Crippen LogP contribution in [-0.4, -0.2) is 12.6 Å². The van der Waals surface area contributed by atoms with Crippen molar-refractivity contribution in [2.45, 2.75) is 20.1 Å². The molecule has 1 heterocycles. The number of para-hydroxylation sites is 1. The van der Waals surface area contributed by atoms with Crippen LogP contribution in [0.15, 0.2) is 51.7 Å². The van der Waals surface area contributed by atoms with E-state index in [-0.39, 0.29) is 17.9 Å². The lowest BCUT2D eigenvalue weighted by molar-refractivity contribution is -0.0504. The molecule has 0 aliphatic carbocycles. The quantitative estimate of drug-likeness (QED) is 0.463. The molecule has 8 heteroatoms. The summed E-state index contributed by atoms with van der Waals surface area (Å²) >= 11 is 6.11. The number of carbonyl (C=O) groups is 1. The Morgan fingerprint density at radius 2 is 1.96 bits per heavy atom. The van der Waals surface area contributed by atoms with Crippen LogP contribution < -0.4 is 10.4 Å². The largest absolute Gasteiger partial charge is 0.457 e. The monoisotopic (exact) mass is 394 g/mol. The predicted octanol–water partition coefficient (Wildman–Crippen LogP) is 4.71. The molecule has 0 saturated heterocycles. The van der Waals surface area contributed by atoms with Crippen LogP contribution in [0.1, 0.15) is 21.5 Å². The molecule has 0 aliphatic heterocycles. The average molecular weight is 395 g/mol. The van der Waals surface area contributed by atoms with E-state index in [9.17, 15) is 18.4 Å². The smallest absolute Gasteiger partial charge is 0.387 e. The molecule has 3 aromatic rings. The molecule has 140 valence electrons. The zero-order valence-corrected chi connectivity index (χ0v) is 14.8. The van der Waals surface area contributed by atoms with Crippen molar-refractivity contribution in [3.63, 3.8) is 0 Å². The molecule has 0 saturated carbocycles. The van der Waals surface area contributed by atoms with Gasteiger partial charge in [0.2, 0.25) is 0 Å². The number of rotatable bonds is 5. The van der Waals surface area contributed by atoms with Crippen LogP contribution in [0, 0.1) is 6.92 Å². The maximum absolute atomic E-state index is 12.5. The first-order valence-corrected chi connectivity index (χ1v) is 8.17. The van der Waals surface area contributed by atoms with Crippen LogP contribution in [0.2, 0.25) is 5.02 Å². The van der Waals surface area contributed by atoms with E-state index in [0.717, 1.165) is 5.56 Å². The van der Waals surface area contributed by atoms with Crippen LogP contribution in [-0.2, 0) is 11.3 Å². The number of carbonyl (C=O) groups excluding carboxylic acids is 1. The van der Waals surface area contributed by atoms with Crippen LogP contribution in [0.3, 0.4) is 0 Å². The number of fused-ring (bicyclic) bond motifs is 1. The summed E-state index contributed by atoms with van der Waals surface area (Å²) in [5, 5.41) is 0.967. The highest BCUT2D eigenvalue weighted by atomic mass is 35.5. The van der Waals surface area contributed by atoms with Gasteiger partial charge >= 0.3 is 18.2 Å². The van der Waals surface area contributed by atoms with Crippen molar-refractivity contribution < 1.29 is 27.5 Å². The Balaban J connectivity index is 1.88. The standard InChI is InChI=1S/C19H13ClF2O5/c1-10-6-16-13(8-14(10)20)11(7-17(23)26-16)9-25-18(24)12-4-2-3-5-15(12)27-19(21)22/h2-8,19H,9H2,1H3. The lowest BCUT2D eigenvalue weighted by Gasteiger charge is -2.11. The van der Waals surface area contributed by atoms with Gasteiger partial charge in [-0.15, -0.1) is 0 Å².